The number of likely N-dealkylation sites (N-methyl/N-ethyl adjacent to an activating group) is 1. The Balaban J connectivity index is 1.80. The fourth-order valence-corrected chi connectivity index (χ4v) is 2.92. The number of benzene rings is 1. The van der Waals surface area contributed by atoms with E-state index in [0.29, 0.717) is 0 Å². The lowest BCUT2D eigenvalue weighted by Gasteiger charge is -2.34. The summed E-state index contributed by atoms with van der Waals surface area (Å²) in [5.74, 6) is 1.05. The molecule has 1 aliphatic rings. The van der Waals surface area contributed by atoms with Gasteiger partial charge in [0.2, 0.25) is 0 Å². The van der Waals surface area contributed by atoms with Gasteiger partial charge in [0.15, 0.2) is 5.11 Å². The van der Waals surface area contributed by atoms with Gasteiger partial charge in [-0.3, -0.25) is 0 Å². The number of piperazine rings is 1. The molecule has 3 rings (SSSR count). The number of thiocarbonyl (C=S) groups is 1. The van der Waals surface area contributed by atoms with Gasteiger partial charge in [0.25, 0.3) is 0 Å². The van der Waals surface area contributed by atoms with Crippen LogP contribution in [0.2, 0.25) is 0 Å². The summed E-state index contributed by atoms with van der Waals surface area (Å²) < 4.78 is 0. The van der Waals surface area contributed by atoms with E-state index >= 15 is 0 Å². The second-order valence-corrected chi connectivity index (χ2v) is 5.93. The Morgan fingerprint density at radius 1 is 1.23 bits per heavy atom. The van der Waals surface area contributed by atoms with Crippen molar-refractivity contribution in [3.05, 3.63) is 30.3 Å². The molecule has 116 valence electrons. The number of nitrogens with zero attached hydrogens (tertiary/aromatic N) is 3. The third-order valence-electron chi connectivity index (χ3n) is 4.09. The summed E-state index contributed by atoms with van der Waals surface area (Å²) in [6.45, 7) is 7.61. The fourth-order valence-electron chi connectivity index (χ4n) is 2.80. The number of nitrogens with one attached hydrogen (secondary N) is 1. The molecule has 0 radical (unpaired) electrons. The minimum Gasteiger partial charge on any atom is -0.376 e. The second-order valence-electron chi connectivity index (χ2n) is 5.49. The third kappa shape index (κ3) is 3.28. The summed E-state index contributed by atoms with van der Waals surface area (Å²) in [7, 11) is 0. The Labute approximate surface area is 136 Å². The Morgan fingerprint density at radius 2 is 2.00 bits per heavy atom. The Morgan fingerprint density at radius 3 is 2.68 bits per heavy atom. The topological polar surface area (TPSA) is 57.4 Å². The van der Waals surface area contributed by atoms with Crippen molar-refractivity contribution in [1.29, 1.82) is 0 Å². The van der Waals surface area contributed by atoms with Crippen molar-refractivity contribution in [2.24, 2.45) is 5.73 Å². The highest BCUT2D eigenvalue weighted by molar-refractivity contribution is 7.80. The molecule has 0 bridgehead atoms. The largest absolute Gasteiger partial charge is 0.376 e. The zero-order chi connectivity index (χ0) is 15.5. The quantitative estimate of drug-likeness (QED) is 0.845. The van der Waals surface area contributed by atoms with Gasteiger partial charge in [-0.05, 0) is 49.1 Å². The predicted molar refractivity (Wildman–Crippen MR) is 96.5 cm³/mol. The van der Waals surface area contributed by atoms with Crippen LogP contribution in [0, 0.1) is 0 Å². The van der Waals surface area contributed by atoms with E-state index in [-0.39, 0.29) is 5.11 Å². The monoisotopic (exact) mass is 315 g/mol. The summed E-state index contributed by atoms with van der Waals surface area (Å²) >= 11 is 4.87. The van der Waals surface area contributed by atoms with E-state index in [4.69, 9.17) is 22.9 Å². The first-order valence-electron chi connectivity index (χ1n) is 7.60. The first-order chi connectivity index (χ1) is 10.7. The van der Waals surface area contributed by atoms with Gasteiger partial charge in [0.05, 0.1) is 5.52 Å². The van der Waals surface area contributed by atoms with Gasteiger partial charge in [-0.15, -0.1) is 0 Å². The molecule has 0 spiro atoms. The molecule has 0 amide bonds. The zero-order valence-corrected chi connectivity index (χ0v) is 13.6. The van der Waals surface area contributed by atoms with E-state index in [1.165, 1.54) is 0 Å². The third-order valence-corrected chi connectivity index (χ3v) is 4.19. The van der Waals surface area contributed by atoms with E-state index in [9.17, 15) is 0 Å². The molecule has 0 unspecified atom stereocenters. The van der Waals surface area contributed by atoms with Crippen LogP contribution in [0.5, 0.6) is 0 Å². The average Bonchev–Trinajstić information content (AvgIpc) is 2.54. The molecule has 22 heavy (non-hydrogen) atoms. The summed E-state index contributed by atoms with van der Waals surface area (Å²) in [4.78, 5) is 9.60. The first kappa shape index (κ1) is 15.0. The van der Waals surface area contributed by atoms with Crippen molar-refractivity contribution in [1.82, 2.24) is 9.88 Å². The second kappa shape index (κ2) is 6.46. The number of pyridine rings is 1. The van der Waals surface area contributed by atoms with E-state index < -0.39 is 0 Å². The lowest BCUT2D eigenvalue weighted by molar-refractivity contribution is 0.270. The van der Waals surface area contributed by atoms with Crippen LogP contribution in [0.4, 0.5) is 11.5 Å². The lowest BCUT2D eigenvalue weighted by atomic mass is 10.2. The SMILES string of the molecule is CCN1CCN(c2ccc3cc(NC(N)=S)ccc3n2)CC1. The summed E-state index contributed by atoms with van der Waals surface area (Å²) in [5, 5.41) is 4.31. The molecule has 0 aliphatic carbocycles. The number of rotatable bonds is 3. The highest BCUT2D eigenvalue weighted by Crippen LogP contribution is 2.22. The van der Waals surface area contributed by atoms with Gasteiger partial charge in [-0.25, -0.2) is 4.98 Å². The van der Waals surface area contributed by atoms with E-state index in [1.807, 2.05) is 18.2 Å². The van der Waals surface area contributed by atoms with Crippen molar-refractivity contribution in [2.75, 3.05) is 42.9 Å². The Kier molecular flexibility index (Phi) is 4.40. The molecular weight excluding hydrogens is 294 g/mol. The molecule has 1 aliphatic heterocycles. The van der Waals surface area contributed by atoms with Gasteiger partial charge in [0, 0.05) is 37.3 Å². The molecule has 5 nitrogen and oxygen atoms in total. The first-order valence-corrected chi connectivity index (χ1v) is 8.01. The summed E-state index contributed by atoms with van der Waals surface area (Å²) in [6, 6.07) is 10.2. The standard InChI is InChI=1S/C16H21N5S/c1-2-20-7-9-21(10-8-20)15-6-3-12-11-13(18-16(17)22)4-5-14(12)19-15/h3-6,11H,2,7-10H2,1H3,(H3,17,18,22). The summed E-state index contributed by atoms with van der Waals surface area (Å²) in [5.41, 5.74) is 7.39. The highest BCUT2D eigenvalue weighted by Gasteiger charge is 2.16. The van der Waals surface area contributed by atoms with Gasteiger partial charge < -0.3 is 20.9 Å². The van der Waals surface area contributed by atoms with E-state index in [0.717, 1.165) is 55.1 Å². The molecule has 1 fully saturated rings. The molecular formula is C16H21N5S. The van der Waals surface area contributed by atoms with Gasteiger partial charge >= 0.3 is 0 Å². The van der Waals surface area contributed by atoms with E-state index in [1.54, 1.807) is 0 Å². The van der Waals surface area contributed by atoms with Crippen molar-refractivity contribution >= 4 is 39.7 Å². The normalized spacial score (nSPS) is 16.0. The molecule has 1 saturated heterocycles. The molecule has 6 heteroatoms. The number of aromatic nitrogens is 1. The predicted octanol–water partition coefficient (Wildman–Crippen LogP) is 2.03. The summed E-state index contributed by atoms with van der Waals surface area (Å²) in [6.07, 6.45) is 0. The fraction of sp³-hybridized carbons (Fsp3) is 0.375. The molecule has 0 saturated carbocycles. The van der Waals surface area contributed by atoms with Crippen LogP contribution in [0.25, 0.3) is 10.9 Å². The minimum absolute atomic E-state index is 0.276. The van der Waals surface area contributed by atoms with Crippen LogP contribution in [0.3, 0.4) is 0 Å². The molecule has 1 aromatic heterocycles. The number of hydrogen-bond acceptors (Lipinski definition) is 4. The van der Waals surface area contributed by atoms with Crippen LogP contribution >= 0.6 is 12.2 Å². The number of fused-ring (bicyclic) bond motifs is 1. The molecule has 3 N–H and O–H groups in total. The minimum atomic E-state index is 0.276. The maximum Gasteiger partial charge on any atom is 0.168 e. The van der Waals surface area contributed by atoms with Gasteiger partial charge in [-0.1, -0.05) is 6.92 Å². The lowest BCUT2D eigenvalue weighted by Crippen LogP contribution is -2.46. The van der Waals surface area contributed by atoms with Gasteiger partial charge in [-0.2, -0.15) is 0 Å². The van der Waals surface area contributed by atoms with Crippen LogP contribution in [-0.4, -0.2) is 47.7 Å². The Hall–Kier alpha value is -1.92. The number of anilines is 2. The molecule has 0 atom stereocenters. The van der Waals surface area contributed by atoms with E-state index in [2.05, 4.69) is 34.2 Å². The maximum absolute atomic E-state index is 5.51. The molecule has 1 aromatic carbocycles. The van der Waals surface area contributed by atoms with Crippen molar-refractivity contribution in [2.45, 2.75) is 6.92 Å². The average molecular weight is 315 g/mol. The molecule has 2 aromatic rings. The van der Waals surface area contributed by atoms with Crippen LogP contribution in [-0.2, 0) is 0 Å². The molecule has 2 heterocycles. The Bertz CT molecular complexity index is 679. The van der Waals surface area contributed by atoms with Crippen molar-refractivity contribution < 1.29 is 0 Å². The highest BCUT2D eigenvalue weighted by atomic mass is 32.1. The number of hydrogen-bond donors (Lipinski definition) is 2. The van der Waals surface area contributed by atoms with Crippen LogP contribution in [0.1, 0.15) is 6.92 Å². The van der Waals surface area contributed by atoms with Crippen LogP contribution < -0.4 is 16.0 Å². The van der Waals surface area contributed by atoms with Crippen molar-refractivity contribution in [3.63, 3.8) is 0 Å². The zero-order valence-electron chi connectivity index (χ0n) is 12.7. The maximum atomic E-state index is 5.51. The van der Waals surface area contributed by atoms with Gasteiger partial charge in [0.1, 0.15) is 5.82 Å². The smallest absolute Gasteiger partial charge is 0.168 e. The number of nitrogens with two attached hydrogens (primary N) is 1. The van der Waals surface area contributed by atoms with Crippen molar-refractivity contribution in [3.8, 4) is 0 Å². The van der Waals surface area contributed by atoms with Crippen LogP contribution in [0.15, 0.2) is 30.3 Å².